The standard InChI is InChI=1S/C19H23N3O3/c1-2-24-17-7-4-3-6-16(17)18(23)22-14-8-10-15(11-9-14)25-19-20-12-5-13-21-19/h3-7,12-15H,2,8-11H2,1H3,(H,22,23). The first-order valence-electron chi connectivity index (χ1n) is 8.72. The van der Waals surface area contributed by atoms with Crippen LogP contribution in [0.4, 0.5) is 0 Å². The molecule has 132 valence electrons. The summed E-state index contributed by atoms with van der Waals surface area (Å²) >= 11 is 0. The highest BCUT2D eigenvalue weighted by Gasteiger charge is 2.25. The molecule has 0 atom stereocenters. The zero-order valence-electron chi connectivity index (χ0n) is 14.4. The van der Waals surface area contributed by atoms with Crippen LogP contribution >= 0.6 is 0 Å². The Morgan fingerprint density at radius 2 is 1.84 bits per heavy atom. The van der Waals surface area contributed by atoms with Crippen LogP contribution in [0.25, 0.3) is 0 Å². The topological polar surface area (TPSA) is 73.3 Å². The Morgan fingerprint density at radius 1 is 1.12 bits per heavy atom. The van der Waals surface area contributed by atoms with Gasteiger partial charge in [0.15, 0.2) is 0 Å². The minimum atomic E-state index is -0.0835. The first-order valence-corrected chi connectivity index (χ1v) is 8.72. The van der Waals surface area contributed by atoms with E-state index < -0.39 is 0 Å². The van der Waals surface area contributed by atoms with Gasteiger partial charge >= 0.3 is 6.01 Å². The van der Waals surface area contributed by atoms with Crippen LogP contribution in [0, 0.1) is 0 Å². The van der Waals surface area contributed by atoms with Crippen molar-refractivity contribution in [3.63, 3.8) is 0 Å². The third kappa shape index (κ3) is 4.68. The Morgan fingerprint density at radius 3 is 2.56 bits per heavy atom. The molecule has 1 fully saturated rings. The van der Waals surface area contributed by atoms with Gasteiger partial charge in [-0.15, -0.1) is 0 Å². The summed E-state index contributed by atoms with van der Waals surface area (Å²) in [5, 5.41) is 3.11. The molecule has 0 unspecified atom stereocenters. The molecule has 6 heteroatoms. The second kappa shape index (κ2) is 8.46. The van der Waals surface area contributed by atoms with Crippen molar-refractivity contribution < 1.29 is 14.3 Å². The highest BCUT2D eigenvalue weighted by molar-refractivity contribution is 5.97. The van der Waals surface area contributed by atoms with Crippen molar-refractivity contribution >= 4 is 5.91 Å². The van der Waals surface area contributed by atoms with Gasteiger partial charge in [-0.2, -0.15) is 0 Å². The Balaban J connectivity index is 1.51. The fourth-order valence-corrected chi connectivity index (χ4v) is 3.02. The van der Waals surface area contributed by atoms with E-state index >= 15 is 0 Å². The molecule has 0 bridgehead atoms. The van der Waals surface area contributed by atoms with Gasteiger partial charge in [-0.05, 0) is 50.8 Å². The van der Waals surface area contributed by atoms with Crippen molar-refractivity contribution in [1.29, 1.82) is 0 Å². The zero-order valence-corrected chi connectivity index (χ0v) is 14.4. The predicted octanol–water partition coefficient (Wildman–Crippen LogP) is 3.00. The van der Waals surface area contributed by atoms with Crippen molar-refractivity contribution in [2.24, 2.45) is 0 Å². The summed E-state index contributed by atoms with van der Waals surface area (Å²) in [5.74, 6) is 0.542. The number of nitrogens with one attached hydrogen (secondary N) is 1. The second-order valence-electron chi connectivity index (χ2n) is 6.03. The highest BCUT2D eigenvalue weighted by Crippen LogP contribution is 2.23. The fraction of sp³-hybridized carbons (Fsp3) is 0.421. The van der Waals surface area contributed by atoms with Gasteiger partial charge in [0.05, 0.1) is 12.2 Å². The van der Waals surface area contributed by atoms with Crippen molar-refractivity contribution in [1.82, 2.24) is 15.3 Å². The number of para-hydroxylation sites is 1. The molecular weight excluding hydrogens is 318 g/mol. The van der Waals surface area contributed by atoms with Crippen LogP contribution in [0.3, 0.4) is 0 Å². The van der Waals surface area contributed by atoms with Crippen molar-refractivity contribution in [2.75, 3.05) is 6.61 Å². The van der Waals surface area contributed by atoms with E-state index in [0.29, 0.717) is 23.9 Å². The van der Waals surface area contributed by atoms with Gasteiger partial charge < -0.3 is 14.8 Å². The number of aromatic nitrogens is 2. The van der Waals surface area contributed by atoms with E-state index in [9.17, 15) is 4.79 Å². The number of benzene rings is 1. The lowest BCUT2D eigenvalue weighted by molar-refractivity contribution is 0.0881. The van der Waals surface area contributed by atoms with Gasteiger partial charge in [0.25, 0.3) is 5.91 Å². The van der Waals surface area contributed by atoms with Crippen LogP contribution in [0.1, 0.15) is 43.0 Å². The summed E-state index contributed by atoms with van der Waals surface area (Å²) in [5.41, 5.74) is 0.584. The van der Waals surface area contributed by atoms with E-state index in [1.54, 1.807) is 24.5 Å². The van der Waals surface area contributed by atoms with E-state index in [-0.39, 0.29) is 18.1 Å². The van der Waals surface area contributed by atoms with Crippen LogP contribution in [-0.2, 0) is 0 Å². The molecule has 1 heterocycles. The summed E-state index contributed by atoms with van der Waals surface area (Å²) in [7, 11) is 0. The molecule has 2 aromatic rings. The number of hydrogen-bond acceptors (Lipinski definition) is 5. The number of carbonyl (C=O) groups excluding carboxylic acids is 1. The monoisotopic (exact) mass is 341 g/mol. The maximum Gasteiger partial charge on any atom is 0.316 e. The summed E-state index contributed by atoms with van der Waals surface area (Å²) < 4.78 is 11.3. The Kier molecular flexibility index (Phi) is 5.82. The second-order valence-corrected chi connectivity index (χ2v) is 6.03. The predicted molar refractivity (Wildman–Crippen MR) is 93.8 cm³/mol. The van der Waals surface area contributed by atoms with Crippen molar-refractivity contribution in [3.8, 4) is 11.8 Å². The zero-order chi connectivity index (χ0) is 17.5. The largest absolute Gasteiger partial charge is 0.493 e. The first kappa shape index (κ1) is 17.2. The van der Waals surface area contributed by atoms with Crippen LogP contribution in [0.15, 0.2) is 42.7 Å². The number of hydrogen-bond donors (Lipinski definition) is 1. The number of nitrogens with zero attached hydrogens (tertiary/aromatic N) is 2. The van der Waals surface area contributed by atoms with E-state index in [4.69, 9.17) is 9.47 Å². The number of amides is 1. The van der Waals surface area contributed by atoms with Gasteiger partial charge in [0, 0.05) is 18.4 Å². The minimum Gasteiger partial charge on any atom is -0.493 e. The van der Waals surface area contributed by atoms with Crippen molar-refractivity contribution in [3.05, 3.63) is 48.3 Å². The molecule has 1 N–H and O–H groups in total. The van der Waals surface area contributed by atoms with Crippen LogP contribution in [-0.4, -0.2) is 34.6 Å². The maximum absolute atomic E-state index is 12.5. The number of carbonyl (C=O) groups is 1. The molecule has 1 aromatic heterocycles. The average Bonchev–Trinajstić information content (AvgIpc) is 2.65. The smallest absolute Gasteiger partial charge is 0.316 e. The quantitative estimate of drug-likeness (QED) is 0.874. The van der Waals surface area contributed by atoms with E-state index in [1.165, 1.54) is 0 Å². The highest BCUT2D eigenvalue weighted by atomic mass is 16.5. The first-order chi connectivity index (χ1) is 12.3. The third-order valence-corrected chi connectivity index (χ3v) is 4.26. The minimum absolute atomic E-state index is 0.0835. The molecule has 0 saturated heterocycles. The molecule has 0 aliphatic heterocycles. The van der Waals surface area contributed by atoms with Crippen LogP contribution in [0.2, 0.25) is 0 Å². The van der Waals surface area contributed by atoms with Gasteiger partial charge in [-0.25, -0.2) is 9.97 Å². The van der Waals surface area contributed by atoms with Gasteiger partial charge in [0.1, 0.15) is 11.9 Å². The molecule has 6 nitrogen and oxygen atoms in total. The molecule has 1 aromatic carbocycles. The SMILES string of the molecule is CCOc1ccccc1C(=O)NC1CCC(Oc2ncccn2)CC1. The molecule has 1 amide bonds. The lowest BCUT2D eigenvalue weighted by atomic mass is 9.92. The lowest BCUT2D eigenvalue weighted by Crippen LogP contribution is -2.39. The molecule has 0 spiro atoms. The molecule has 1 saturated carbocycles. The van der Waals surface area contributed by atoms with Gasteiger partial charge in [-0.1, -0.05) is 12.1 Å². The molecular formula is C19H23N3O3. The summed E-state index contributed by atoms with van der Waals surface area (Å²) in [6.45, 7) is 2.45. The Labute approximate surface area is 147 Å². The molecule has 1 aliphatic rings. The fourth-order valence-electron chi connectivity index (χ4n) is 3.02. The lowest BCUT2D eigenvalue weighted by Gasteiger charge is -2.29. The summed E-state index contributed by atoms with van der Waals surface area (Å²) in [6.07, 6.45) is 6.94. The maximum atomic E-state index is 12.5. The molecule has 25 heavy (non-hydrogen) atoms. The van der Waals surface area contributed by atoms with E-state index in [0.717, 1.165) is 25.7 Å². The Bertz CT molecular complexity index is 685. The van der Waals surface area contributed by atoms with Crippen LogP contribution < -0.4 is 14.8 Å². The Hall–Kier alpha value is -2.63. The summed E-state index contributed by atoms with van der Waals surface area (Å²) in [6, 6.07) is 9.67. The van der Waals surface area contributed by atoms with Gasteiger partial charge in [0.2, 0.25) is 0 Å². The van der Waals surface area contributed by atoms with Gasteiger partial charge in [-0.3, -0.25) is 4.79 Å². The van der Waals surface area contributed by atoms with Crippen LogP contribution in [0.5, 0.6) is 11.8 Å². The average molecular weight is 341 g/mol. The molecule has 3 rings (SSSR count). The van der Waals surface area contributed by atoms with Crippen molar-refractivity contribution in [2.45, 2.75) is 44.8 Å². The van der Waals surface area contributed by atoms with E-state index in [1.807, 2.05) is 25.1 Å². The normalized spacial score (nSPS) is 19.9. The number of rotatable bonds is 6. The summed E-state index contributed by atoms with van der Waals surface area (Å²) in [4.78, 5) is 20.7. The van der Waals surface area contributed by atoms with E-state index in [2.05, 4.69) is 15.3 Å². The third-order valence-electron chi connectivity index (χ3n) is 4.26. The number of ether oxygens (including phenoxy) is 2. The molecule has 1 aliphatic carbocycles. The molecule has 0 radical (unpaired) electrons.